The van der Waals surface area contributed by atoms with Gasteiger partial charge in [-0.05, 0) is 132 Å². The minimum absolute atomic E-state index is 0.785. The zero-order valence-corrected chi connectivity index (χ0v) is 37.4. The summed E-state index contributed by atoms with van der Waals surface area (Å²) in [4.78, 5) is 4.53. The van der Waals surface area contributed by atoms with Gasteiger partial charge in [0, 0.05) is 65.8 Å². The van der Waals surface area contributed by atoms with Crippen LogP contribution in [0.2, 0.25) is 0 Å². The van der Waals surface area contributed by atoms with Crippen molar-refractivity contribution >= 4 is 139 Å². The molecule has 4 aromatic heterocycles. The molecule has 0 amide bonds. The van der Waals surface area contributed by atoms with Crippen LogP contribution in [-0.2, 0) is 0 Å². The average Bonchev–Trinajstić information content (AvgIpc) is 4.16. The Kier molecular flexibility index (Phi) is 8.55. The van der Waals surface area contributed by atoms with E-state index >= 15 is 0 Å². The van der Waals surface area contributed by atoms with E-state index in [1.807, 2.05) is 54.6 Å². The van der Waals surface area contributed by atoms with Gasteiger partial charge in [-0.1, -0.05) is 116 Å². The van der Waals surface area contributed by atoms with Crippen LogP contribution in [0.5, 0.6) is 0 Å². The monoisotopic (exact) mass is 888 g/mol. The SMILES string of the molecule is C=Cc1cc2c(cc1/C=C(\C)N(c1ccccc1)c1cccc3c1oc1ccccc13)oc1ccc3oc4cc5cc(N(c6ccccc6)c6cccc7c6oc6ccccc67)ccc5cc4c3c12. The first-order chi connectivity index (χ1) is 34.1. The fourth-order valence-corrected chi connectivity index (χ4v) is 10.6. The number of hydrogen-bond acceptors (Lipinski definition) is 6. The van der Waals surface area contributed by atoms with Gasteiger partial charge in [0.15, 0.2) is 11.2 Å². The summed E-state index contributed by atoms with van der Waals surface area (Å²) >= 11 is 0. The highest BCUT2D eigenvalue weighted by atomic mass is 16.3. The molecule has 4 heterocycles. The molecule has 326 valence electrons. The minimum Gasteiger partial charge on any atom is -0.456 e. The van der Waals surface area contributed by atoms with E-state index in [0.717, 1.165) is 144 Å². The molecule has 0 bridgehead atoms. The van der Waals surface area contributed by atoms with Crippen LogP contribution in [0, 0.1) is 0 Å². The van der Waals surface area contributed by atoms with Gasteiger partial charge < -0.3 is 27.5 Å². The van der Waals surface area contributed by atoms with E-state index < -0.39 is 0 Å². The van der Waals surface area contributed by atoms with Crippen LogP contribution in [0.1, 0.15) is 18.1 Å². The number of para-hydroxylation sites is 6. The second kappa shape index (κ2) is 15.1. The van der Waals surface area contributed by atoms with E-state index in [4.69, 9.17) is 17.7 Å². The van der Waals surface area contributed by atoms with Crippen molar-refractivity contribution in [3.8, 4) is 0 Å². The van der Waals surface area contributed by atoms with E-state index in [9.17, 15) is 0 Å². The molecule has 14 rings (SSSR count). The summed E-state index contributed by atoms with van der Waals surface area (Å²) in [6, 6.07) is 69.5. The molecule has 0 fully saturated rings. The maximum Gasteiger partial charge on any atom is 0.159 e. The molecule has 0 N–H and O–H groups in total. The standard InChI is InChI=1S/C63H40N2O4/c1-3-39-34-50-58(36-41(39)32-38(2)64(43-16-6-4-7-17-43)52-24-14-22-48-46-20-10-12-26-54(46)68-62(48)52)66-56-30-31-57-61(60(50)56)51-35-40-28-29-45(33-42(40)37-59(51)67-57)65(44-18-8-5-9-19-44)53-25-15-23-49-47-21-11-13-27-55(47)69-63(49)53/h3-37H,1H2,2H3/b38-32+. The third-order valence-electron chi connectivity index (χ3n) is 13.7. The van der Waals surface area contributed by atoms with Crippen LogP contribution in [-0.4, -0.2) is 0 Å². The number of allylic oxidation sites excluding steroid dienone is 1. The number of fused-ring (bicyclic) bond motifs is 14. The molecule has 0 saturated carbocycles. The average molecular weight is 889 g/mol. The first-order valence-corrected chi connectivity index (χ1v) is 23.2. The molecular weight excluding hydrogens is 849 g/mol. The summed E-state index contributed by atoms with van der Waals surface area (Å²) in [5, 5.41) is 10.6. The zero-order valence-electron chi connectivity index (χ0n) is 37.4. The molecule has 10 aromatic carbocycles. The number of anilines is 5. The first kappa shape index (κ1) is 39.0. The van der Waals surface area contributed by atoms with E-state index in [1.54, 1.807) is 0 Å². The van der Waals surface area contributed by atoms with Crippen molar-refractivity contribution < 1.29 is 17.7 Å². The van der Waals surface area contributed by atoms with Crippen molar-refractivity contribution in [2.45, 2.75) is 6.92 Å². The van der Waals surface area contributed by atoms with Gasteiger partial charge >= 0.3 is 0 Å². The van der Waals surface area contributed by atoms with Gasteiger partial charge in [-0.15, -0.1) is 0 Å². The van der Waals surface area contributed by atoms with E-state index in [2.05, 4.69) is 181 Å². The maximum atomic E-state index is 6.74. The summed E-state index contributed by atoms with van der Waals surface area (Å²) in [6.45, 7) is 6.44. The van der Waals surface area contributed by atoms with Crippen LogP contribution in [0.3, 0.4) is 0 Å². The third-order valence-corrected chi connectivity index (χ3v) is 13.7. The van der Waals surface area contributed by atoms with Gasteiger partial charge in [-0.25, -0.2) is 0 Å². The third kappa shape index (κ3) is 6.05. The zero-order chi connectivity index (χ0) is 45.7. The Morgan fingerprint density at radius 1 is 0.391 bits per heavy atom. The predicted molar refractivity (Wildman–Crippen MR) is 287 cm³/mol. The second-order valence-corrected chi connectivity index (χ2v) is 17.7. The van der Waals surface area contributed by atoms with Gasteiger partial charge in [-0.3, -0.25) is 0 Å². The summed E-state index contributed by atoms with van der Waals surface area (Å²) in [5.74, 6) is 0. The first-order valence-electron chi connectivity index (χ1n) is 23.2. The molecule has 0 atom stereocenters. The smallest absolute Gasteiger partial charge is 0.159 e. The number of furan rings is 4. The fraction of sp³-hybridized carbons (Fsp3) is 0.0159. The fourth-order valence-electron chi connectivity index (χ4n) is 10.6. The molecule has 0 aliphatic heterocycles. The van der Waals surface area contributed by atoms with Gasteiger partial charge in [0.1, 0.15) is 33.5 Å². The van der Waals surface area contributed by atoms with Gasteiger partial charge in [0.05, 0.1) is 11.4 Å². The summed E-state index contributed by atoms with van der Waals surface area (Å²) in [5.41, 5.74) is 14.6. The minimum atomic E-state index is 0.785. The molecule has 69 heavy (non-hydrogen) atoms. The topological polar surface area (TPSA) is 59.0 Å². The largest absolute Gasteiger partial charge is 0.456 e. The normalized spacial score (nSPS) is 12.3. The lowest BCUT2D eigenvalue weighted by Gasteiger charge is -2.26. The van der Waals surface area contributed by atoms with Gasteiger partial charge in [-0.2, -0.15) is 0 Å². The quantitative estimate of drug-likeness (QED) is 0.151. The Morgan fingerprint density at radius 2 is 0.957 bits per heavy atom. The molecule has 6 heteroatoms. The molecular formula is C63H40N2O4. The van der Waals surface area contributed by atoms with Crippen LogP contribution in [0.25, 0.3) is 111 Å². The molecule has 6 nitrogen and oxygen atoms in total. The molecule has 0 aliphatic rings. The van der Waals surface area contributed by atoms with Gasteiger partial charge in [0.25, 0.3) is 0 Å². The lowest BCUT2D eigenvalue weighted by molar-refractivity contribution is 0.663. The van der Waals surface area contributed by atoms with E-state index in [1.165, 1.54) is 0 Å². The van der Waals surface area contributed by atoms with Crippen molar-refractivity contribution in [3.63, 3.8) is 0 Å². The molecule has 0 unspecified atom stereocenters. The summed E-state index contributed by atoms with van der Waals surface area (Å²) < 4.78 is 26.6. The van der Waals surface area contributed by atoms with Gasteiger partial charge in [0.2, 0.25) is 0 Å². The molecule has 14 aromatic rings. The number of rotatable bonds is 8. The Bertz CT molecular complexity index is 4420. The highest BCUT2D eigenvalue weighted by Crippen LogP contribution is 2.46. The Balaban J connectivity index is 0.896. The lowest BCUT2D eigenvalue weighted by Crippen LogP contribution is -2.14. The van der Waals surface area contributed by atoms with Crippen LogP contribution in [0.15, 0.2) is 230 Å². The number of nitrogens with zero attached hydrogens (tertiary/aromatic N) is 2. The van der Waals surface area contributed by atoms with Crippen LogP contribution < -0.4 is 9.80 Å². The maximum absolute atomic E-state index is 6.74. The molecule has 0 spiro atoms. The highest BCUT2D eigenvalue weighted by Gasteiger charge is 2.23. The molecule has 0 saturated heterocycles. The number of benzene rings is 10. The Morgan fingerprint density at radius 3 is 1.62 bits per heavy atom. The lowest BCUT2D eigenvalue weighted by atomic mass is 9.99. The second-order valence-electron chi connectivity index (χ2n) is 17.7. The van der Waals surface area contributed by atoms with Crippen molar-refractivity contribution in [2.24, 2.45) is 0 Å². The molecule has 0 aliphatic carbocycles. The van der Waals surface area contributed by atoms with Crippen LogP contribution in [0.4, 0.5) is 28.4 Å². The van der Waals surface area contributed by atoms with Crippen molar-refractivity contribution in [1.82, 2.24) is 0 Å². The summed E-state index contributed by atoms with van der Waals surface area (Å²) in [6.07, 6.45) is 4.13. The van der Waals surface area contributed by atoms with Crippen LogP contribution >= 0.6 is 0 Å². The Labute approximate surface area is 395 Å². The number of hydrogen-bond donors (Lipinski definition) is 0. The van der Waals surface area contributed by atoms with E-state index in [0.29, 0.717) is 0 Å². The predicted octanol–water partition coefficient (Wildman–Crippen LogP) is 18.7. The highest BCUT2D eigenvalue weighted by molar-refractivity contribution is 6.27. The van der Waals surface area contributed by atoms with Crippen molar-refractivity contribution in [2.75, 3.05) is 9.80 Å². The summed E-state index contributed by atoms with van der Waals surface area (Å²) in [7, 11) is 0. The van der Waals surface area contributed by atoms with Crippen molar-refractivity contribution in [1.29, 1.82) is 0 Å². The molecule has 0 radical (unpaired) electrons. The Hall–Kier alpha value is -9.26. The van der Waals surface area contributed by atoms with E-state index in [-0.39, 0.29) is 0 Å². The van der Waals surface area contributed by atoms with Crippen molar-refractivity contribution in [3.05, 3.63) is 224 Å².